The number of carbonyl (C=O) groups excluding carboxylic acids is 2. The monoisotopic (exact) mass is 500 g/mol. The molecule has 8 heteroatoms. The van der Waals surface area contributed by atoms with Crippen molar-refractivity contribution in [2.24, 2.45) is 0 Å². The summed E-state index contributed by atoms with van der Waals surface area (Å²) in [5.74, 6) is -2.03. The van der Waals surface area contributed by atoms with E-state index in [2.05, 4.69) is 9.44 Å². The average Bonchev–Trinajstić information content (AvgIpc) is 2.93. The Labute approximate surface area is 211 Å². The van der Waals surface area contributed by atoms with Gasteiger partial charge in [0.2, 0.25) is 11.2 Å². The molecule has 0 radical (unpaired) electrons. The van der Waals surface area contributed by atoms with Gasteiger partial charge in [0.25, 0.3) is 11.8 Å². The van der Waals surface area contributed by atoms with Crippen molar-refractivity contribution < 1.29 is 24.0 Å². The van der Waals surface area contributed by atoms with Crippen LogP contribution < -0.4 is 9.44 Å². The first-order valence-corrected chi connectivity index (χ1v) is 12.2. The van der Waals surface area contributed by atoms with Gasteiger partial charge in [-0.15, -0.1) is 0 Å². The zero-order chi connectivity index (χ0) is 25.6. The van der Waals surface area contributed by atoms with Gasteiger partial charge in [-0.25, -0.2) is 4.21 Å². The number of benzene rings is 4. The van der Waals surface area contributed by atoms with Gasteiger partial charge in [0.15, 0.2) is 11.2 Å². The first kappa shape index (κ1) is 25.0. The summed E-state index contributed by atoms with van der Waals surface area (Å²) >= 11 is -2.49. The maximum Gasteiger partial charge on any atom is 0.274 e. The minimum atomic E-state index is -2.49. The molecule has 0 aliphatic carbocycles. The van der Waals surface area contributed by atoms with Crippen molar-refractivity contribution in [3.8, 4) is 0 Å². The van der Waals surface area contributed by atoms with Crippen molar-refractivity contribution in [2.75, 3.05) is 0 Å². The molecule has 4 rings (SSSR count). The average molecular weight is 501 g/mol. The number of hydrogen-bond donors (Lipinski definition) is 4. The van der Waals surface area contributed by atoms with Crippen LogP contribution in [0.2, 0.25) is 0 Å². The lowest BCUT2D eigenvalue weighted by Gasteiger charge is -2.29. The zero-order valence-corrected chi connectivity index (χ0v) is 19.9. The summed E-state index contributed by atoms with van der Waals surface area (Å²) in [5, 5.41) is 23.0. The lowest BCUT2D eigenvalue weighted by atomic mass is 9.86. The first-order valence-electron chi connectivity index (χ1n) is 11.1. The lowest BCUT2D eigenvalue weighted by Crippen LogP contribution is -2.52. The van der Waals surface area contributed by atoms with Crippen molar-refractivity contribution in [3.63, 3.8) is 0 Å². The summed E-state index contributed by atoms with van der Waals surface area (Å²) in [6.07, 6.45) is 0. The maximum absolute atomic E-state index is 13.3. The third kappa shape index (κ3) is 4.83. The van der Waals surface area contributed by atoms with Gasteiger partial charge < -0.3 is 10.2 Å². The molecule has 0 atom stereocenters. The van der Waals surface area contributed by atoms with E-state index in [0.29, 0.717) is 0 Å². The van der Waals surface area contributed by atoms with Crippen molar-refractivity contribution in [1.29, 1.82) is 0 Å². The fourth-order valence-corrected chi connectivity index (χ4v) is 4.60. The van der Waals surface area contributed by atoms with E-state index < -0.39 is 34.2 Å². The topological polar surface area (TPSA) is 116 Å². The molecule has 0 fully saturated rings. The fraction of sp³-hybridized carbons (Fsp3) is 0.0714. The molecule has 0 bridgehead atoms. The quantitative estimate of drug-likeness (QED) is 0.297. The van der Waals surface area contributed by atoms with Crippen LogP contribution in [0.25, 0.3) is 0 Å². The Kier molecular flexibility index (Phi) is 7.40. The second-order valence-corrected chi connectivity index (χ2v) is 8.96. The molecule has 0 heterocycles. The molecule has 0 spiro atoms. The van der Waals surface area contributed by atoms with Crippen LogP contribution in [0.3, 0.4) is 0 Å². The molecule has 0 unspecified atom stereocenters. The zero-order valence-electron chi connectivity index (χ0n) is 19.1. The molecular weight excluding hydrogens is 476 g/mol. The maximum atomic E-state index is 13.3. The molecule has 0 saturated carbocycles. The van der Waals surface area contributed by atoms with Crippen LogP contribution in [-0.4, -0.2) is 26.2 Å². The Bertz CT molecular complexity index is 1170. The van der Waals surface area contributed by atoms with Crippen molar-refractivity contribution >= 4 is 23.0 Å². The SMILES string of the molecule is O=C(NS(=O)NC(=O)C(O)(c1ccccc1)c1ccccc1)C(O)(c1ccccc1)c1ccccc1. The van der Waals surface area contributed by atoms with Crippen LogP contribution in [0.1, 0.15) is 22.3 Å². The summed E-state index contributed by atoms with van der Waals surface area (Å²) in [5.41, 5.74) is -3.36. The minimum Gasteiger partial charge on any atom is -0.372 e. The summed E-state index contributed by atoms with van der Waals surface area (Å²) in [4.78, 5) is 26.6. The number of amides is 2. The Hall–Kier alpha value is -4.11. The number of hydrogen-bond acceptors (Lipinski definition) is 5. The highest BCUT2D eigenvalue weighted by Gasteiger charge is 2.43. The Morgan fingerprint density at radius 3 is 0.944 bits per heavy atom. The van der Waals surface area contributed by atoms with Gasteiger partial charge in [-0.2, -0.15) is 0 Å². The molecule has 36 heavy (non-hydrogen) atoms. The van der Waals surface area contributed by atoms with Crippen molar-refractivity contribution in [3.05, 3.63) is 144 Å². The standard InChI is InChI=1S/C28H24N2O5S/c31-25(27(33,21-13-5-1-6-14-21)22-15-7-2-8-16-22)29-36(35)30-26(32)28(34,23-17-9-3-10-18-23)24-19-11-4-12-20-24/h1-20,33-34H,(H,29,31)(H,30,32). The summed E-state index contributed by atoms with van der Waals surface area (Å²) in [6, 6.07) is 32.8. The van der Waals surface area contributed by atoms with Crippen LogP contribution in [0.15, 0.2) is 121 Å². The molecule has 0 aromatic heterocycles. The Morgan fingerprint density at radius 2 is 0.722 bits per heavy atom. The van der Waals surface area contributed by atoms with Crippen LogP contribution >= 0.6 is 0 Å². The van der Waals surface area contributed by atoms with Crippen molar-refractivity contribution in [2.45, 2.75) is 11.2 Å². The summed E-state index contributed by atoms with van der Waals surface area (Å²) in [6.45, 7) is 0. The highest BCUT2D eigenvalue weighted by Crippen LogP contribution is 2.31. The van der Waals surface area contributed by atoms with Gasteiger partial charge in [0.05, 0.1) is 0 Å². The summed E-state index contributed by atoms with van der Waals surface area (Å²) < 4.78 is 17.2. The van der Waals surface area contributed by atoms with Gasteiger partial charge in [-0.3, -0.25) is 19.0 Å². The van der Waals surface area contributed by atoms with E-state index in [1.165, 1.54) is 0 Å². The van der Waals surface area contributed by atoms with Gasteiger partial charge in [-0.1, -0.05) is 121 Å². The van der Waals surface area contributed by atoms with E-state index in [0.717, 1.165) is 0 Å². The van der Waals surface area contributed by atoms with E-state index >= 15 is 0 Å². The number of aliphatic hydroxyl groups is 2. The number of carbonyl (C=O) groups is 2. The molecule has 7 nitrogen and oxygen atoms in total. The smallest absolute Gasteiger partial charge is 0.274 e. The normalized spacial score (nSPS) is 11.6. The van der Waals surface area contributed by atoms with Crippen LogP contribution in [0, 0.1) is 0 Å². The molecular formula is C28H24N2O5S. The van der Waals surface area contributed by atoms with Gasteiger partial charge in [0, 0.05) is 0 Å². The fourth-order valence-electron chi connectivity index (χ4n) is 3.92. The highest BCUT2D eigenvalue weighted by atomic mass is 32.2. The van der Waals surface area contributed by atoms with Gasteiger partial charge >= 0.3 is 0 Å². The summed E-state index contributed by atoms with van der Waals surface area (Å²) in [7, 11) is 0. The molecule has 182 valence electrons. The second-order valence-electron chi connectivity index (χ2n) is 8.02. The Morgan fingerprint density at radius 1 is 0.500 bits per heavy atom. The molecule has 4 aromatic carbocycles. The molecule has 0 saturated heterocycles. The van der Waals surface area contributed by atoms with Gasteiger partial charge in [0.1, 0.15) is 0 Å². The predicted molar refractivity (Wildman–Crippen MR) is 136 cm³/mol. The van der Waals surface area contributed by atoms with Crippen LogP contribution in [0.4, 0.5) is 0 Å². The molecule has 4 N–H and O–H groups in total. The number of rotatable bonds is 8. The highest BCUT2D eigenvalue weighted by molar-refractivity contribution is 7.82. The predicted octanol–water partition coefficient (Wildman–Crippen LogP) is 2.67. The molecule has 4 aromatic rings. The van der Waals surface area contributed by atoms with E-state index in [1.54, 1.807) is 121 Å². The van der Waals surface area contributed by atoms with E-state index in [9.17, 15) is 24.0 Å². The lowest BCUT2D eigenvalue weighted by molar-refractivity contribution is -0.135. The van der Waals surface area contributed by atoms with E-state index in [4.69, 9.17) is 0 Å². The van der Waals surface area contributed by atoms with Crippen LogP contribution in [0.5, 0.6) is 0 Å². The largest absolute Gasteiger partial charge is 0.372 e. The van der Waals surface area contributed by atoms with Crippen LogP contribution in [-0.2, 0) is 32.0 Å². The van der Waals surface area contributed by atoms with Gasteiger partial charge in [-0.05, 0) is 22.3 Å². The van der Waals surface area contributed by atoms with E-state index in [-0.39, 0.29) is 22.3 Å². The molecule has 0 aliphatic rings. The number of nitrogens with one attached hydrogen (secondary N) is 2. The first-order chi connectivity index (χ1) is 17.4. The minimum absolute atomic E-state index is 0.252. The third-order valence-electron chi connectivity index (χ3n) is 5.79. The Balaban J connectivity index is 1.61. The van der Waals surface area contributed by atoms with E-state index in [1.807, 2.05) is 0 Å². The van der Waals surface area contributed by atoms with Crippen molar-refractivity contribution in [1.82, 2.24) is 9.44 Å². The third-order valence-corrected chi connectivity index (χ3v) is 6.54. The molecule has 0 aliphatic heterocycles. The second kappa shape index (κ2) is 10.7. The molecule has 2 amide bonds.